The molecule has 0 saturated heterocycles. The number of hydrogen-bond acceptors (Lipinski definition) is 6. The molecule has 0 fully saturated rings. The van der Waals surface area contributed by atoms with Gasteiger partial charge in [-0.3, -0.25) is 4.79 Å². The lowest BCUT2D eigenvalue weighted by Crippen LogP contribution is -2.07. The van der Waals surface area contributed by atoms with Crippen LogP contribution in [0.1, 0.15) is 32.0 Å². The molecular weight excluding hydrogens is 248 g/mol. The van der Waals surface area contributed by atoms with Crippen LogP contribution in [0.4, 0.5) is 0 Å². The third-order valence-electron chi connectivity index (χ3n) is 2.40. The molecule has 6 nitrogen and oxygen atoms in total. The van der Waals surface area contributed by atoms with Gasteiger partial charge in [0.25, 0.3) is 0 Å². The molecule has 6 heteroatoms. The van der Waals surface area contributed by atoms with Gasteiger partial charge in [0.1, 0.15) is 5.78 Å². The average molecular weight is 270 g/mol. The highest BCUT2D eigenvalue weighted by Gasteiger charge is 2.12. The van der Waals surface area contributed by atoms with Crippen molar-refractivity contribution in [2.24, 2.45) is 5.92 Å². The van der Waals surface area contributed by atoms with Gasteiger partial charge in [-0.2, -0.15) is 4.98 Å². The fourth-order valence-electron chi connectivity index (χ4n) is 1.57. The van der Waals surface area contributed by atoms with Crippen LogP contribution in [-0.2, 0) is 27.1 Å². The maximum Gasteiger partial charge on any atom is 0.234 e. The van der Waals surface area contributed by atoms with Crippen LogP contribution in [-0.4, -0.2) is 42.9 Å². The van der Waals surface area contributed by atoms with Crippen molar-refractivity contribution < 1.29 is 18.8 Å². The van der Waals surface area contributed by atoms with E-state index in [1.54, 1.807) is 7.11 Å². The number of ether oxygens (including phenoxy) is 2. The predicted octanol–water partition coefficient (Wildman–Crippen LogP) is 1.43. The fourth-order valence-corrected chi connectivity index (χ4v) is 1.57. The van der Waals surface area contributed by atoms with Crippen molar-refractivity contribution in [3.8, 4) is 0 Å². The lowest BCUT2D eigenvalue weighted by Gasteiger charge is -2.00. The van der Waals surface area contributed by atoms with E-state index in [-0.39, 0.29) is 12.2 Å². The van der Waals surface area contributed by atoms with Crippen molar-refractivity contribution in [1.82, 2.24) is 10.1 Å². The zero-order chi connectivity index (χ0) is 14.1. The van der Waals surface area contributed by atoms with Crippen LogP contribution in [0.2, 0.25) is 0 Å². The molecule has 0 aliphatic heterocycles. The summed E-state index contributed by atoms with van der Waals surface area (Å²) in [5.74, 6) is 1.44. The minimum Gasteiger partial charge on any atom is -0.382 e. The van der Waals surface area contributed by atoms with Crippen LogP contribution < -0.4 is 0 Å². The number of nitrogens with zero attached hydrogens (tertiary/aromatic N) is 2. The molecule has 0 radical (unpaired) electrons. The van der Waals surface area contributed by atoms with Gasteiger partial charge in [-0.15, -0.1) is 0 Å². The summed E-state index contributed by atoms with van der Waals surface area (Å²) in [6.45, 7) is 5.65. The molecule has 0 spiro atoms. The normalized spacial score (nSPS) is 11.2. The molecule has 0 aromatic carbocycles. The van der Waals surface area contributed by atoms with Crippen LogP contribution in [0.5, 0.6) is 0 Å². The van der Waals surface area contributed by atoms with E-state index in [1.807, 2.05) is 13.8 Å². The Morgan fingerprint density at radius 1 is 1.32 bits per heavy atom. The van der Waals surface area contributed by atoms with Gasteiger partial charge >= 0.3 is 0 Å². The van der Waals surface area contributed by atoms with Crippen molar-refractivity contribution in [3.05, 3.63) is 11.7 Å². The van der Waals surface area contributed by atoms with Crippen LogP contribution in [0, 0.1) is 5.92 Å². The minimum atomic E-state index is 0.126. The van der Waals surface area contributed by atoms with E-state index in [0.29, 0.717) is 50.3 Å². The molecule has 0 unspecified atom stereocenters. The van der Waals surface area contributed by atoms with Gasteiger partial charge in [-0.25, -0.2) is 0 Å². The first-order chi connectivity index (χ1) is 9.11. The fraction of sp³-hybridized carbons (Fsp3) is 0.769. The lowest BCUT2D eigenvalue weighted by atomic mass is 10.1. The summed E-state index contributed by atoms with van der Waals surface area (Å²) in [6.07, 6.45) is 1.33. The average Bonchev–Trinajstić information content (AvgIpc) is 2.75. The Hall–Kier alpha value is -1.27. The van der Waals surface area contributed by atoms with E-state index in [2.05, 4.69) is 10.1 Å². The van der Waals surface area contributed by atoms with Crippen LogP contribution >= 0.6 is 0 Å². The molecule has 0 aliphatic rings. The Morgan fingerprint density at radius 3 is 2.79 bits per heavy atom. The summed E-state index contributed by atoms with van der Waals surface area (Å²) in [5, 5.41) is 3.82. The zero-order valence-corrected chi connectivity index (χ0v) is 11.8. The second-order valence-electron chi connectivity index (χ2n) is 4.77. The third kappa shape index (κ3) is 7.03. The maximum absolute atomic E-state index is 11.6. The van der Waals surface area contributed by atoms with Crippen molar-refractivity contribution in [2.75, 3.05) is 26.9 Å². The Bertz CT molecular complexity index is 376. The molecular formula is C13H22N2O4. The first kappa shape index (κ1) is 15.8. The number of ketones is 1. The zero-order valence-electron chi connectivity index (χ0n) is 11.8. The second-order valence-corrected chi connectivity index (χ2v) is 4.77. The van der Waals surface area contributed by atoms with Gasteiger partial charge in [0.05, 0.1) is 26.2 Å². The number of methoxy groups -OCH3 is 1. The topological polar surface area (TPSA) is 74.5 Å². The molecule has 0 atom stereocenters. The number of rotatable bonds is 10. The molecule has 108 valence electrons. The van der Waals surface area contributed by atoms with E-state index in [4.69, 9.17) is 14.0 Å². The van der Waals surface area contributed by atoms with Crippen molar-refractivity contribution >= 4 is 5.78 Å². The number of aromatic nitrogens is 2. The molecule has 0 aliphatic carbocycles. The van der Waals surface area contributed by atoms with Gasteiger partial charge in [0.15, 0.2) is 5.82 Å². The molecule has 1 aromatic rings. The molecule has 1 heterocycles. The SMILES string of the molecule is COCCOCCc1noc(CC(=O)CC(C)C)n1. The highest BCUT2D eigenvalue weighted by molar-refractivity contribution is 5.80. The third-order valence-corrected chi connectivity index (χ3v) is 2.40. The van der Waals surface area contributed by atoms with E-state index in [9.17, 15) is 4.79 Å². The molecule has 19 heavy (non-hydrogen) atoms. The van der Waals surface area contributed by atoms with Crippen molar-refractivity contribution in [2.45, 2.75) is 33.1 Å². The largest absolute Gasteiger partial charge is 0.382 e. The van der Waals surface area contributed by atoms with Crippen LogP contribution in [0.3, 0.4) is 0 Å². The molecule has 0 amide bonds. The Balaban J connectivity index is 2.26. The molecule has 1 rings (SSSR count). The Labute approximate surface area is 113 Å². The summed E-state index contributed by atoms with van der Waals surface area (Å²) in [5.41, 5.74) is 0. The van der Waals surface area contributed by atoms with E-state index in [0.717, 1.165) is 0 Å². The van der Waals surface area contributed by atoms with Crippen LogP contribution in [0.15, 0.2) is 4.52 Å². The molecule has 1 aromatic heterocycles. The standard InChI is InChI=1S/C13H22N2O4/c1-10(2)8-11(16)9-13-14-12(15-19-13)4-5-18-7-6-17-3/h10H,4-9H2,1-3H3. The van der Waals surface area contributed by atoms with Gasteiger partial charge in [0, 0.05) is 20.0 Å². The number of hydrogen-bond donors (Lipinski definition) is 0. The summed E-state index contributed by atoms with van der Waals surface area (Å²) in [6, 6.07) is 0. The lowest BCUT2D eigenvalue weighted by molar-refractivity contribution is -0.119. The van der Waals surface area contributed by atoms with Gasteiger partial charge in [-0.1, -0.05) is 19.0 Å². The van der Waals surface area contributed by atoms with Crippen molar-refractivity contribution in [1.29, 1.82) is 0 Å². The van der Waals surface area contributed by atoms with Crippen molar-refractivity contribution in [3.63, 3.8) is 0 Å². The number of carbonyl (C=O) groups excluding carboxylic acids is 1. The summed E-state index contributed by atoms with van der Waals surface area (Å²) in [4.78, 5) is 15.8. The first-order valence-electron chi connectivity index (χ1n) is 6.51. The Kier molecular flexibility index (Phi) is 7.28. The van der Waals surface area contributed by atoms with Crippen LogP contribution in [0.25, 0.3) is 0 Å². The predicted molar refractivity (Wildman–Crippen MR) is 68.9 cm³/mol. The number of carbonyl (C=O) groups is 1. The van der Waals surface area contributed by atoms with E-state index in [1.165, 1.54) is 0 Å². The van der Waals surface area contributed by atoms with Gasteiger partial charge < -0.3 is 14.0 Å². The quantitative estimate of drug-likeness (QED) is 0.599. The molecule has 0 N–H and O–H groups in total. The first-order valence-corrected chi connectivity index (χ1v) is 6.51. The molecule has 0 bridgehead atoms. The summed E-state index contributed by atoms with van der Waals surface area (Å²) >= 11 is 0. The monoisotopic (exact) mass is 270 g/mol. The Morgan fingerprint density at radius 2 is 2.11 bits per heavy atom. The number of Topliss-reactive ketones (excluding diaryl/α,β-unsaturated/α-hetero) is 1. The summed E-state index contributed by atoms with van der Waals surface area (Å²) in [7, 11) is 1.63. The highest BCUT2D eigenvalue weighted by Crippen LogP contribution is 2.06. The van der Waals surface area contributed by atoms with Gasteiger partial charge in [-0.05, 0) is 5.92 Å². The second kappa shape index (κ2) is 8.77. The van der Waals surface area contributed by atoms with E-state index < -0.39 is 0 Å². The summed E-state index contributed by atoms with van der Waals surface area (Å²) < 4.78 is 15.2. The van der Waals surface area contributed by atoms with E-state index >= 15 is 0 Å². The smallest absolute Gasteiger partial charge is 0.234 e. The highest BCUT2D eigenvalue weighted by atomic mass is 16.5. The maximum atomic E-state index is 11.6. The minimum absolute atomic E-state index is 0.126. The molecule has 0 saturated carbocycles. The van der Waals surface area contributed by atoms with Gasteiger partial charge in [0.2, 0.25) is 5.89 Å².